The molecule has 0 bridgehead atoms. The SMILES string of the molecule is CCCC[C@H](NC(C)=O)C(=O)N[C@H]1CCC(=O)NCCC[C@@H](C(=O)N[C@@H](Cc2c[nH]c3ccccc23)C(N)=O)NC(=O)[C@H](CCCN=C(N)N)NC(=O)[C@H](Cc2ccccc2)NC(=O)[C@H](Cc2cnc[nH]2)NC1=O. The third-order valence-electron chi connectivity index (χ3n) is 12.3. The van der Waals surface area contributed by atoms with E-state index in [1.165, 1.54) is 19.4 Å². The van der Waals surface area contributed by atoms with Crippen molar-refractivity contribution >= 4 is 70.0 Å². The quantitative estimate of drug-likeness (QED) is 0.0298. The first-order chi connectivity index (χ1) is 35.5. The number of fused-ring (bicyclic) bond motifs is 1. The number of carbonyl (C=O) groups excluding carboxylic acids is 9. The largest absolute Gasteiger partial charge is 0.370 e. The van der Waals surface area contributed by atoms with E-state index in [9.17, 15) is 43.2 Å². The van der Waals surface area contributed by atoms with Crippen molar-refractivity contribution in [2.75, 3.05) is 13.1 Å². The molecule has 0 spiro atoms. The fourth-order valence-corrected chi connectivity index (χ4v) is 8.39. The summed E-state index contributed by atoms with van der Waals surface area (Å²) in [5, 5.41) is 22.5. The van der Waals surface area contributed by atoms with Crippen LogP contribution in [0.2, 0.25) is 0 Å². The maximum Gasteiger partial charge on any atom is 0.243 e. The number of amides is 9. The van der Waals surface area contributed by atoms with Crippen LogP contribution in [-0.2, 0) is 62.4 Å². The van der Waals surface area contributed by atoms with Crippen molar-refractivity contribution in [3.05, 3.63) is 90.1 Å². The van der Waals surface area contributed by atoms with Gasteiger partial charge >= 0.3 is 0 Å². The lowest BCUT2D eigenvalue weighted by atomic mass is 10.0. The molecule has 4 aromatic rings. The van der Waals surface area contributed by atoms with Gasteiger partial charge in [0.1, 0.15) is 42.3 Å². The molecule has 74 heavy (non-hydrogen) atoms. The van der Waals surface area contributed by atoms with Crippen LogP contribution >= 0.6 is 0 Å². The van der Waals surface area contributed by atoms with Crippen molar-refractivity contribution in [3.8, 4) is 0 Å². The first kappa shape index (κ1) is 56.6. The van der Waals surface area contributed by atoms with Crippen LogP contribution in [0.3, 0.4) is 0 Å². The predicted octanol–water partition coefficient (Wildman–Crippen LogP) is -1.25. The second-order valence-corrected chi connectivity index (χ2v) is 18.2. The van der Waals surface area contributed by atoms with E-state index >= 15 is 0 Å². The normalized spacial score (nSPS) is 20.2. The maximum absolute atomic E-state index is 14.6. The number of nitrogens with one attached hydrogen (secondary N) is 10. The topological polar surface area (TPSA) is 385 Å². The van der Waals surface area contributed by atoms with Crippen molar-refractivity contribution in [1.82, 2.24) is 57.5 Å². The number of imidazole rings is 1. The van der Waals surface area contributed by atoms with Gasteiger partial charge in [-0.2, -0.15) is 0 Å². The first-order valence-electron chi connectivity index (χ1n) is 24.8. The highest BCUT2D eigenvalue weighted by Gasteiger charge is 2.35. The molecule has 0 aliphatic carbocycles. The van der Waals surface area contributed by atoms with Gasteiger partial charge in [0, 0.05) is 74.7 Å². The predicted molar refractivity (Wildman–Crippen MR) is 274 cm³/mol. The van der Waals surface area contributed by atoms with Crippen molar-refractivity contribution in [2.24, 2.45) is 22.2 Å². The Bertz CT molecular complexity index is 2580. The average molecular weight is 1020 g/mol. The van der Waals surface area contributed by atoms with Crippen LogP contribution < -0.4 is 59.7 Å². The summed E-state index contributed by atoms with van der Waals surface area (Å²) in [6, 6.07) is 6.98. The van der Waals surface area contributed by atoms with Gasteiger partial charge in [0.2, 0.25) is 53.2 Å². The monoisotopic (exact) mass is 1020 g/mol. The fourth-order valence-electron chi connectivity index (χ4n) is 8.39. The van der Waals surface area contributed by atoms with Crippen molar-refractivity contribution in [1.29, 1.82) is 0 Å². The lowest BCUT2D eigenvalue weighted by Crippen LogP contribution is -2.60. The molecule has 24 heteroatoms. The summed E-state index contributed by atoms with van der Waals surface area (Å²) in [5.74, 6) is -6.78. The molecule has 7 atom stereocenters. The molecule has 1 saturated heterocycles. The molecule has 1 aliphatic heterocycles. The number of unbranched alkanes of at least 4 members (excludes halogenated alkanes) is 1. The summed E-state index contributed by atoms with van der Waals surface area (Å²) < 4.78 is 0. The molecule has 2 aromatic heterocycles. The molecule has 1 fully saturated rings. The minimum absolute atomic E-state index is 0.00859. The fraction of sp³-hybridized carbons (Fsp3) is 0.460. The Morgan fingerprint density at radius 3 is 2.16 bits per heavy atom. The van der Waals surface area contributed by atoms with Gasteiger partial charge in [0.15, 0.2) is 5.96 Å². The van der Waals surface area contributed by atoms with Crippen LogP contribution in [0.15, 0.2) is 78.3 Å². The summed E-state index contributed by atoms with van der Waals surface area (Å²) in [6.45, 7) is 3.21. The number of guanidine groups is 1. The van der Waals surface area contributed by atoms with Crippen molar-refractivity contribution in [3.63, 3.8) is 0 Å². The number of aromatic amines is 2. The van der Waals surface area contributed by atoms with Gasteiger partial charge in [-0.05, 0) is 55.7 Å². The third kappa shape index (κ3) is 18.1. The second kappa shape index (κ2) is 28.7. The minimum atomic E-state index is -1.41. The zero-order valence-corrected chi connectivity index (χ0v) is 41.7. The third-order valence-corrected chi connectivity index (χ3v) is 12.3. The van der Waals surface area contributed by atoms with Gasteiger partial charge in [0.25, 0.3) is 0 Å². The van der Waals surface area contributed by atoms with Gasteiger partial charge < -0.3 is 69.7 Å². The molecule has 3 heterocycles. The Morgan fingerprint density at radius 1 is 0.784 bits per heavy atom. The highest BCUT2D eigenvalue weighted by Crippen LogP contribution is 2.19. The van der Waals surface area contributed by atoms with E-state index in [1.807, 2.05) is 31.2 Å². The number of hydrogen-bond donors (Lipinski definition) is 13. The number of aromatic nitrogens is 3. The number of H-pyrrole nitrogens is 2. The highest BCUT2D eigenvalue weighted by atomic mass is 16.2. The molecule has 0 unspecified atom stereocenters. The Labute approximate surface area is 428 Å². The molecule has 0 radical (unpaired) electrons. The van der Waals surface area contributed by atoms with Gasteiger partial charge in [-0.1, -0.05) is 68.3 Å². The molecule has 24 nitrogen and oxygen atoms in total. The first-order valence-corrected chi connectivity index (χ1v) is 24.8. The Kier molecular flexibility index (Phi) is 21.9. The smallest absolute Gasteiger partial charge is 0.243 e. The van der Waals surface area contributed by atoms with Crippen LogP contribution in [0.5, 0.6) is 0 Å². The summed E-state index contributed by atoms with van der Waals surface area (Å²) in [6.07, 6.45) is 5.40. The zero-order chi connectivity index (χ0) is 53.6. The lowest BCUT2D eigenvalue weighted by Gasteiger charge is -2.28. The molecule has 0 saturated carbocycles. The van der Waals surface area contributed by atoms with Gasteiger partial charge in [-0.15, -0.1) is 0 Å². The summed E-state index contributed by atoms with van der Waals surface area (Å²) in [7, 11) is 0. The number of nitrogens with zero attached hydrogens (tertiary/aromatic N) is 2. The van der Waals surface area contributed by atoms with E-state index in [4.69, 9.17) is 17.2 Å². The second-order valence-electron chi connectivity index (χ2n) is 18.2. The van der Waals surface area contributed by atoms with Crippen LogP contribution in [0.25, 0.3) is 10.9 Å². The molecule has 5 rings (SSSR count). The Morgan fingerprint density at radius 2 is 1.47 bits per heavy atom. The van der Waals surface area contributed by atoms with Crippen LogP contribution in [0.4, 0.5) is 0 Å². The molecule has 2 aromatic carbocycles. The molecular weight excluding hydrogens is 955 g/mol. The molecule has 9 amide bonds. The zero-order valence-electron chi connectivity index (χ0n) is 41.7. The lowest BCUT2D eigenvalue weighted by molar-refractivity contribution is -0.136. The number of nitrogens with two attached hydrogens (primary N) is 3. The Balaban J connectivity index is 1.51. The average Bonchev–Trinajstić information content (AvgIpc) is 4.04. The molecule has 398 valence electrons. The number of carbonyl (C=O) groups is 9. The van der Waals surface area contributed by atoms with Gasteiger partial charge in [0.05, 0.1) is 6.33 Å². The van der Waals surface area contributed by atoms with Crippen LogP contribution in [0.1, 0.15) is 88.5 Å². The van der Waals surface area contributed by atoms with Crippen LogP contribution in [-0.4, -0.2) is 129 Å². The number of para-hydroxylation sites is 1. The maximum atomic E-state index is 14.6. The molecule has 1 aliphatic rings. The molecule has 16 N–H and O–H groups in total. The van der Waals surface area contributed by atoms with E-state index in [0.717, 1.165) is 10.9 Å². The summed E-state index contributed by atoms with van der Waals surface area (Å²) in [4.78, 5) is 139. The standard InChI is InChI=1S/C50H69N15O9/c1-3-4-15-35(59-29(2)66)44(69)62-38-19-20-42(67)55-21-10-17-37(46(71)63-39(43(51)68)24-31-26-57-34-16-9-8-14-33(31)34)60-45(70)36(18-11-22-56-50(52)53)61-48(73)40(23-30-12-6-5-7-13-30)64-49(74)41(65-47(38)72)25-32-27-54-28-58-32/h5-9,12-14,16,26-28,35-41,57H,3-4,10-11,15,17-25H2,1-2H3,(H2,51,68)(H,54,58)(H,55,67)(H,59,66)(H,60,70)(H,61,73)(H,62,69)(H,63,71)(H,64,74)(H,65,72)(H4,52,53,56)/t35-,36-,37-,38-,39-,40-,41-/m0/s1. The number of benzene rings is 2. The van der Waals surface area contributed by atoms with Crippen LogP contribution in [0, 0.1) is 0 Å². The Hall–Kier alpha value is -8.31. The highest BCUT2D eigenvalue weighted by molar-refractivity contribution is 5.98. The minimum Gasteiger partial charge on any atom is -0.370 e. The number of primary amides is 1. The number of hydrogen-bond acceptors (Lipinski definition) is 11. The van der Waals surface area contributed by atoms with Gasteiger partial charge in [-0.3, -0.25) is 48.1 Å². The number of rotatable bonds is 19. The van der Waals surface area contributed by atoms with Gasteiger partial charge in [-0.25, -0.2) is 4.98 Å². The van der Waals surface area contributed by atoms with E-state index in [-0.39, 0.29) is 83.3 Å². The number of aliphatic imine (C=N–C) groups is 1. The van der Waals surface area contributed by atoms with E-state index < -0.39 is 95.5 Å². The van der Waals surface area contributed by atoms with E-state index in [1.54, 1.807) is 36.5 Å². The van der Waals surface area contributed by atoms with Crippen molar-refractivity contribution < 1.29 is 43.2 Å². The summed E-state index contributed by atoms with van der Waals surface area (Å²) >= 11 is 0. The van der Waals surface area contributed by atoms with E-state index in [2.05, 4.69) is 62.5 Å². The molecular formula is C50H69N15O9. The van der Waals surface area contributed by atoms with E-state index in [0.29, 0.717) is 29.7 Å². The van der Waals surface area contributed by atoms with Crippen molar-refractivity contribution in [2.45, 2.75) is 133 Å². The summed E-state index contributed by atoms with van der Waals surface area (Å²) in [5.41, 5.74) is 19.5.